The summed E-state index contributed by atoms with van der Waals surface area (Å²) in [5.41, 5.74) is 6.79. The molecule has 1 rings (SSSR count). The Morgan fingerprint density at radius 1 is 1.33 bits per heavy atom. The van der Waals surface area contributed by atoms with Gasteiger partial charge in [0.1, 0.15) is 0 Å². The first-order valence-electron chi connectivity index (χ1n) is 5.21. The van der Waals surface area contributed by atoms with Crippen LogP contribution < -0.4 is 5.73 Å². The van der Waals surface area contributed by atoms with E-state index in [9.17, 15) is 8.78 Å². The van der Waals surface area contributed by atoms with Crippen molar-refractivity contribution in [3.63, 3.8) is 0 Å². The Morgan fingerprint density at radius 2 is 2.00 bits per heavy atom. The molecule has 1 aromatic carbocycles. The van der Waals surface area contributed by atoms with Gasteiger partial charge in [-0.3, -0.25) is 0 Å². The fraction of sp³-hybridized carbons (Fsp3) is 0.500. The fourth-order valence-electron chi connectivity index (χ4n) is 1.59. The summed E-state index contributed by atoms with van der Waals surface area (Å²) in [5.74, 6) is -1.48. The van der Waals surface area contributed by atoms with E-state index >= 15 is 0 Å². The predicted octanol–water partition coefficient (Wildman–Crippen LogP) is 2.94. The monoisotopic (exact) mass is 213 g/mol. The Labute approximate surface area is 89.3 Å². The molecule has 15 heavy (non-hydrogen) atoms. The number of hydrogen-bond acceptors (Lipinski definition) is 1. The van der Waals surface area contributed by atoms with Gasteiger partial charge in [-0.25, -0.2) is 8.78 Å². The molecule has 3 heteroatoms. The van der Waals surface area contributed by atoms with Gasteiger partial charge in [0.05, 0.1) is 0 Å². The second-order valence-electron chi connectivity index (χ2n) is 4.09. The average molecular weight is 213 g/mol. The smallest absolute Gasteiger partial charge is 0.162 e. The van der Waals surface area contributed by atoms with Crippen molar-refractivity contribution in [3.8, 4) is 0 Å². The van der Waals surface area contributed by atoms with E-state index in [1.165, 1.54) is 6.07 Å². The number of aryl methyl sites for hydroxylation is 2. The molecule has 2 N–H and O–H groups in total. The van der Waals surface area contributed by atoms with Gasteiger partial charge in [0, 0.05) is 6.04 Å². The van der Waals surface area contributed by atoms with Crippen molar-refractivity contribution in [1.82, 2.24) is 0 Å². The van der Waals surface area contributed by atoms with Gasteiger partial charge < -0.3 is 5.73 Å². The van der Waals surface area contributed by atoms with Crippen LogP contribution in [-0.4, -0.2) is 6.04 Å². The Kier molecular flexibility index (Phi) is 4.21. The van der Waals surface area contributed by atoms with E-state index in [0.717, 1.165) is 18.4 Å². The molecule has 0 spiro atoms. The first-order chi connectivity index (χ1) is 7.00. The molecular weight excluding hydrogens is 196 g/mol. The molecule has 0 saturated heterocycles. The Morgan fingerprint density at radius 3 is 2.60 bits per heavy atom. The zero-order valence-corrected chi connectivity index (χ0v) is 9.19. The van der Waals surface area contributed by atoms with E-state index in [2.05, 4.69) is 0 Å². The summed E-state index contributed by atoms with van der Waals surface area (Å²) in [7, 11) is 0. The van der Waals surface area contributed by atoms with Gasteiger partial charge in [0.2, 0.25) is 0 Å². The summed E-state index contributed by atoms with van der Waals surface area (Å²) in [6, 6.07) is 3.02. The molecule has 0 aliphatic heterocycles. The molecule has 0 saturated carbocycles. The summed E-state index contributed by atoms with van der Waals surface area (Å²) < 4.78 is 26.3. The molecule has 0 aromatic heterocycles. The lowest BCUT2D eigenvalue weighted by molar-refractivity contribution is 0.493. The van der Waals surface area contributed by atoms with Crippen LogP contribution in [0.1, 0.15) is 30.9 Å². The highest BCUT2D eigenvalue weighted by molar-refractivity contribution is 5.25. The standard InChI is InChI=1S/C12H17F2N/c1-8-6-10(5-3-4-9(2)15)12(14)11(13)7-8/h6-7,9H,3-5,15H2,1-2H3/t9-/m0/s1. The van der Waals surface area contributed by atoms with Crippen LogP contribution in [0, 0.1) is 18.6 Å². The normalized spacial score (nSPS) is 12.9. The molecule has 0 bridgehead atoms. The second kappa shape index (κ2) is 5.21. The zero-order valence-electron chi connectivity index (χ0n) is 9.19. The molecule has 0 heterocycles. The maximum atomic E-state index is 13.3. The maximum Gasteiger partial charge on any atom is 0.162 e. The van der Waals surface area contributed by atoms with Crippen molar-refractivity contribution in [1.29, 1.82) is 0 Å². The lowest BCUT2D eigenvalue weighted by atomic mass is 10.0. The molecule has 0 unspecified atom stereocenters. The van der Waals surface area contributed by atoms with Crippen LogP contribution in [-0.2, 0) is 6.42 Å². The molecule has 0 amide bonds. The number of rotatable bonds is 4. The largest absolute Gasteiger partial charge is 0.328 e. The highest BCUT2D eigenvalue weighted by Crippen LogP contribution is 2.16. The van der Waals surface area contributed by atoms with Crippen molar-refractivity contribution in [2.75, 3.05) is 0 Å². The third-order valence-electron chi connectivity index (χ3n) is 2.35. The van der Waals surface area contributed by atoms with Gasteiger partial charge in [-0.1, -0.05) is 6.07 Å². The SMILES string of the molecule is Cc1cc(F)c(F)c(CCC[C@H](C)N)c1. The van der Waals surface area contributed by atoms with E-state index in [1.54, 1.807) is 13.0 Å². The summed E-state index contributed by atoms with van der Waals surface area (Å²) in [6.45, 7) is 3.67. The van der Waals surface area contributed by atoms with Gasteiger partial charge in [-0.05, 0) is 50.3 Å². The summed E-state index contributed by atoms with van der Waals surface area (Å²) in [6.07, 6.45) is 2.17. The van der Waals surface area contributed by atoms with E-state index in [1.807, 2.05) is 6.92 Å². The molecule has 1 nitrogen and oxygen atoms in total. The third kappa shape index (κ3) is 3.59. The number of nitrogens with two attached hydrogens (primary N) is 1. The Hall–Kier alpha value is -0.960. The van der Waals surface area contributed by atoms with Gasteiger partial charge in [-0.15, -0.1) is 0 Å². The lowest BCUT2D eigenvalue weighted by Crippen LogP contribution is -2.14. The minimum atomic E-state index is -0.759. The third-order valence-corrected chi connectivity index (χ3v) is 2.35. The molecule has 84 valence electrons. The molecule has 0 aliphatic carbocycles. The molecular formula is C12H17F2N. The maximum absolute atomic E-state index is 13.3. The first-order valence-corrected chi connectivity index (χ1v) is 5.21. The minimum absolute atomic E-state index is 0.114. The van der Waals surface area contributed by atoms with Crippen LogP contribution in [0.25, 0.3) is 0 Å². The number of hydrogen-bond donors (Lipinski definition) is 1. The molecule has 1 atom stereocenters. The van der Waals surface area contributed by atoms with Crippen molar-refractivity contribution < 1.29 is 8.78 Å². The van der Waals surface area contributed by atoms with Crippen molar-refractivity contribution in [3.05, 3.63) is 34.9 Å². The van der Waals surface area contributed by atoms with Gasteiger partial charge in [0.25, 0.3) is 0 Å². The van der Waals surface area contributed by atoms with Crippen molar-refractivity contribution in [2.45, 2.75) is 39.2 Å². The van der Waals surface area contributed by atoms with Crippen LogP contribution in [0.2, 0.25) is 0 Å². The van der Waals surface area contributed by atoms with Crippen LogP contribution in [0.5, 0.6) is 0 Å². The summed E-state index contributed by atoms with van der Waals surface area (Å²) >= 11 is 0. The van der Waals surface area contributed by atoms with Crippen LogP contribution in [0.15, 0.2) is 12.1 Å². The highest BCUT2D eigenvalue weighted by atomic mass is 19.2. The zero-order chi connectivity index (χ0) is 11.4. The summed E-state index contributed by atoms with van der Waals surface area (Å²) in [4.78, 5) is 0. The van der Waals surface area contributed by atoms with Crippen LogP contribution in [0.4, 0.5) is 8.78 Å². The minimum Gasteiger partial charge on any atom is -0.328 e. The average Bonchev–Trinajstić information content (AvgIpc) is 2.12. The van der Waals surface area contributed by atoms with E-state index in [0.29, 0.717) is 12.0 Å². The Balaban J connectivity index is 2.68. The molecule has 0 fully saturated rings. The van der Waals surface area contributed by atoms with E-state index in [-0.39, 0.29) is 6.04 Å². The number of halogens is 2. The molecule has 1 aromatic rings. The quantitative estimate of drug-likeness (QED) is 0.817. The summed E-state index contributed by atoms with van der Waals surface area (Å²) in [5, 5.41) is 0. The van der Waals surface area contributed by atoms with Gasteiger partial charge >= 0.3 is 0 Å². The number of benzene rings is 1. The predicted molar refractivity (Wildman–Crippen MR) is 57.7 cm³/mol. The lowest BCUT2D eigenvalue weighted by Gasteiger charge is -2.07. The highest BCUT2D eigenvalue weighted by Gasteiger charge is 2.09. The second-order valence-corrected chi connectivity index (χ2v) is 4.09. The fourth-order valence-corrected chi connectivity index (χ4v) is 1.59. The van der Waals surface area contributed by atoms with Crippen LogP contribution >= 0.6 is 0 Å². The van der Waals surface area contributed by atoms with E-state index in [4.69, 9.17) is 5.73 Å². The topological polar surface area (TPSA) is 26.0 Å². The van der Waals surface area contributed by atoms with Gasteiger partial charge in [0.15, 0.2) is 11.6 Å². The van der Waals surface area contributed by atoms with E-state index < -0.39 is 11.6 Å². The van der Waals surface area contributed by atoms with Crippen molar-refractivity contribution >= 4 is 0 Å². The molecule has 0 aliphatic rings. The molecule has 0 radical (unpaired) electrons. The first kappa shape index (κ1) is 12.1. The van der Waals surface area contributed by atoms with Gasteiger partial charge in [-0.2, -0.15) is 0 Å². The van der Waals surface area contributed by atoms with Crippen LogP contribution in [0.3, 0.4) is 0 Å². The Bertz CT molecular complexity index is 335. The van der Waals surface area contributed by atoms with Crippen molar-refractivity contribution in [2.24, 2.45) is 5.73 Å².